The number of rotatable bonds is 9. The number of phosphoric acid groups is 1. The van der Waals surface area contributed by atoms with Crippen LogP contribution in [0.2, 0.25) is 0 Å². The van der Waals surface area contributed by atoms with Gasteiger partial charge in [-0.05, 0) is 40.0 Å². The Balaban J connectivity index is 1.19. The van der Waals surface area contributed by atoms with Crippen molar-refractivity contribution in [3.63, 3.8) is 0 Å². The summed E-state index contributed by atoms with van der Waals surface area (Å²) in [6, 6.07) is -0.774. The van der Waals surface area contributed by atoms with Gasteiger partial charge in [0, 0.05) is 23.9 Å². The molecule has 2 aliphatic heterocycles. The first kappa shape index (κ1) is 40.2. The van der Waals surface area contributed by atoms with E-state index < -0.39 is 99.1 Å². The van der Waals surface area contributed by atoms with Crippen LogP contribution in [0.1, 0.15) is 45.3 Å². The summed E-state index contributed by atoms with van der Waals surface area (Å²) in [6.45, 7) is 1.06. The number of aromatic amines is 1. The number of carbonyl (C=O) groups excluding carboxylic acids is 1. The van der Waals surface area contributed by atoms with E-state index in [1.165, 1.54) is 30.7 Å². The highest BCUT2D eigenvalue weighted by atomic mass is 32.7. The van der Waals surface area contributed by atoms with E-state index in [0.29, 0.717) is 29.0 Å². The minimum absolute atomic E-state index is 0.000334. The smallest absolute Gasteiger partial charge is 0.432 e. The fourth-order valence-corrected chi connectivity index (χ4v) is 12.1. The van der Waals surface area contributed by atoms with Gasteiger partial charge in [-0.1, -0.05) is 0 Å². The molecule has 11 atom stereocenters. The minimum atomic E-state index is -4.54. The lowest BCUT2D eigenvalue weighted by Crippen LogP contribution is -2.38. The number of carbonyl (C=O) groups is 1. The van der Waals surface area contributed by atoms with Crippen LogP contribution in [0.5, 0.6) is 0 Å². The van der Waals surface area contributed by atoms with Gasteiger partial charge in [-0.3, -0.25) is 32.0 Å². The molecule has 1 unspecified atom stereocenters. The largest absolute Gasteiger partial charge is 0.509 e. The Hall–Kier alpha value is -3.54. The molecular formula is C31H41N9O14P2S. The van der Waals surface area contributed by atoms with Crippen molar-refractivity contribution in [2.24, 2.45) is 11.3 Å². The molecule has 2 aliphatic carbocycles. The number of H-pyrrole nitrogens is 1. The number of ether oxygens (including phenoxy) is 4. The topological polar surface area (TPSA) is 288 Å². The van der Waals surface area contributed by atoms with Crippen LogP contribution in [0.4, 0.5) is 10.6 Å². The number of aliphatic hydroxyl groups is 1. The van der Waals surface area contributed by atoms with E-state index in [1.54, 1.807) is 32.3 Å². The van der Waals surface area contributed by atoms with Crippen molar-refractivity contribution in [2.75, 3.05) is 38.6 Å². The number of aryl methyl sites for hydroxylation is 1. The molecular weight excluding hydrogens is 816 g/mol. The number of fused-ring (bicyclic) bond motifs is 4. The van der Waals surface area contributed by atoms with Gasteiger partial charge in [0.1, 0.15) is 48.2 Å². The highest BCUT2D eigenvalue weighted by Crippen LogP contribution is 2.74. The maximum Gasteiger partial charge on any atom is 0.509 e. The normalized spacial score (nSPS) is 35.4. The number of nitrogens with one attached hydrogen (secondary N) is 1. The average molecular weight is 858 g/mol. The van der Waals surface area contributed by atoms with Gasteiger partial charge in [-0.15, -0.1) is 0 Å². The fourth-order valence-electron chi connectivity index (χ4n) is 7.82. The lowest BCUT2D eigenvalue weighted by molar-refractivity contribution is -0.0612. The third-order valence-electron chi connectivity index (χ3n) is 10.3. The molecule has 4 aromatic heterocycles. The Morgan fingerprint density at radius 3 is 2.67 bits per heavy atom. The Bertz CT molecular complexity index is 2330. The van der Waals surface area contributed by atoms with Gasteiger partial charge in [-0.25, -0.2) is 38.8 Å². The van der Waals surface area contributed by atoms with Crippen LogP contribution in [0.3, 0.4) is 0 Å². The van der Waals surface area contributed by atoms with Crippen molar-refractivity contribution in [3.8, 4) is 0 Å². The second-order valence-electron chi connectivity index (χ2n) is 14.1. The molecule has 0 aromatic carbocycles. The summed E-state index contributed by atoms with van der Waals surface area (Å²) < 4.78 is 85.7. The van der Waals surface area contributed by atoms with Crippen LogP contribution in [0, 0.1) is 18.3 Å². The maximum atomic E-state index is 14.9. The van der Waals surface area contributed by atoms with Gasteiger partial charge in [0.25, 0.3) is 5.56 Å². The molecule has 23 nitrogen and oxygen atoms in total. The average Bonchev–Trinajstić information content (AvgIpc) is 3.44. The molecule has 4 aliphatic rings. The zero-order valence-electron chi connectivity index (χ0n) is 31.2. The molecule has 6 heterocycles. The van der Waals surface area contributed by atoms with Gasteiger partial charge in [0.15, 0.2) is 34.8 Å². The first-order valence-electron chi connectivity index (χ1n) is 17.9. The predicted molar refractivity (Wildman–Crippen MR) is 197 cm³/mol. The summed E-state index contributed by atoms with van der Waals surface area (Å²) in [4.78, 5) is 49.0. The van der Waals surface area contributed by atoms with E-state index in [2.05, 4.69) is 29.9 Å². The minimum Gasteiger partial charge on any atom is -0.432 e. The molecule has 4 N–H and O–H groups in total. The monoisotopic (exact) mass is 857 g/mol. The number of phosphoric ester groups is 1. The number of aromatic nitrogens is 8. The number of hydrogen-bond acceptors (Lipinski definition) is 21. The molecule has 2 saturated carbocycles. The number of hydrogen-bond donors (Lipinski definition) is 3. The van der Waals surface area contributed by atoms with Crippen LogP contribution in [-0.4, -0.2) is 120 Å². The molecule has 4 aromatic rings. The van der Waals surface area contributed by atoms with Crippen LogP contribution in [-0.2, 0) is 50.7 Å². The van der Waals surface area contributed by atoms with E-state index in [4.69, 9.17) is 47.3 Å². The summed E-state index contributed by atoms with van der Waals surface area (Å²) in [7, 11) is -3.18. The molecule has 2 saturated heterocycles. The summed E-state index contributed by atoms with van der Waals surface area (Å²) in [5, 5.41) is 12.1. The Kier molecular flexibility index (Phi) is 10.8. The lowest BCUT2D eigenvalue weighted by Gasteiger charge is -2.32. The third kappa shape index (κ3) is 7.28. The second kappa shape index (κ2) is 15.2. The van der Waals surface area contributed by atoms with Crippen molar-refractivity contribution in [2.45, 2.75) is 83.0 Å². The number of nitrogens with zero attached hydrogens (tertiary/aromatic N) is 7. The SMILES string of the molecule is CCO[P@@]1(=O)OCC23C[C@@H]2[C@@H](n2cnc4c(N)ncnc42)[C@H](O)[C@@H]3O[P@](=O)(SCOC(=O)OC(C)C)OC[C@H]2O[C@@H](n3cnc4c(=O)[nH]c(C)nc43)[C@H](O1)[C@@H]2OC. The van der Waals surface area contributed by atoms with Gasteiger partial charge < -0.3 is 39.3 Å². The van der Waals surface area contributed by atoms with E-state index in [1.807, 2.05) is 0 Å². The summed E-state index contributed by atoms with van der Waals surface area (Å²) >= 11 is 0.538. The standard InChI is InChI=1S/C31H41N9O14P2S/c1-6-48-55(44)50-9-31-7-16(31)20(39-11-35-18-25(32)33-10-34-26(18)39)21(41)24(31)54-56(45,57-13-47-30(43)51-14(2)3)49-8-17-22(46-5)23(53-55)29(52-17)40-12-36-19-27(40)37-15(4)38-28(19)42/h10-12,14,16-17,20-24,29,41H,6-9,13H2,1-5H3,(H2,32,33,34)(H,37,38,42)/t16-,17-,20-,21+,22-,23-,24+,29-,31?,55+,56-/m1/s1. The fraction of sp³-hybridized carbons (Fsp3) is 0.645. The molecule has 0 amide bonds. The molecule has 26 heteroatoms. The second-order valence-corrected chi connectivity index (χ2v) is 19.7. The maximum absolute atomic E-state index is 14.9. The van der Waals surface area contributed by atoms with Gasteiger partial charge in [0.2, 0.25) is 0 Å². The van der Waals surface area contributed by atoms with Crippen molar-refractivity contribution in [3.05, 3.63) is 35.2 Å². The third-order valence-corrected chi connectivity index (χ3v) is 15.1. The molecule has 8 rings (SSSR count). The van der Waals surface area contributed by atoms with Gasteiger partial charge >= 0.3 is 20.8 Å². The van der Waals surface area contributed by atoms with Crippen molar-refractivity contribution < 1.29 is 60.6 Å². The number of methoxy groups -OCH3 is 1. The number of nitrogen functional groups attached to an aromatic ring is 1. The number of aliphatic hydroxyl groups excluding tert-OH is 1. The van der Waals surface area contributed by atoms with Crippen molar-refractivity contribution in [1.82, 2.24) is 39.0 Å². The van der Waals surface area contributed by atoms with Crippen LogP contribution in [0.15, 0.2) is 23.8 Å². The summed E-state index contributed by atoms with van der Waals surface area (Å²) in [6.07, 6.45) is -4.50. The van der Waals surface area contributed by atoms with Crippen molar-refractivity contribution in [1.29, 1.82) is 0 Å². The van der Waals surface area contributed by atoms with Gasteiger partial charge in [-0.2, -0.15) is 0 Å². The van der Waals surface area contributed by atoms with Gasteiger partial charge in [0.05, 0.1) is 44.6 Å². The first-order chi connectivity index (χ1) is 27.2. The molecule has 4 fully saturated rings. The van der Waals surface area contributed by atoms with Crippen LogP contribution < -0.4 is 11.3 Å². The zero-order chi connectivity index (χ0) is 40.4. The molecule has 57 heavy (non-hydrogen) atoms. The molecule has 2 bridgehead atoms. The van der Waals surface area contributed by atoms with Crippen LogP contribution in [0.25, 0.3) is 22.3 Å². The van der Waals surface area contributed by atoms with E-state index in [-0.39, 0.29) is 36.0 Å². The lowest BCUT2D eigenvalue weighted by atomic mass is 10.0. The molecule has 310 valence electrons. The first-order valence-corrected chi connectivity index (χ1v) is 22.5. The molecule has 1 spiro atoms. The highest BCUT2D eigenvalue weighted by molar-refractivity contribution is 8.55. The number of nitrogens with two attached hydrogens (primary N) is 1. The Labute approximate surface area is 327 Å². The zero-order valence-corrected chi connectivity index (χ0v) is 33.8. The summed E-state index contributed by atoms with van der Waals surface area (Å²) in [5.41, 5.74) is 5.19. The molecule has 0 radical (unpaired) electrons. The Morgan fingerprint density at radius 2 is 1.91 bits per heavy atom. The van der Waals surface area contributed by atoms with E-state index in [9.17, 15) is 23.8 Å². The quantitative estimate of drug-likeness (QED) is 0.124. The van der Waals surface area contributed by atoms with Crippen molar-refractivity contribution >= 4 is 60.3 Å². The Morgan fingerprint density at radius 1 is 1.14 bits per heavy atom. The summed E-state index contributed by atoms with van der Waals surface area (Å²) in [5.74, 6) is -0.550. The number of anilines is 1. The number of imidazole rings is 2. The highest BCUT2D eigenvalue weighted by Gasteiger charge is 2.74. The van der Waals surface area contributed by atoms with E-state index >= 15 is 0 Å². The van der Waals surface area contributed by atoms with E-state index in [0.717, 1.165) is 0 Å². The van der Waals surface area contributed by atoms with Crippen LogP contribution >= 0.6 is 26.0 Å². The predicted octanol–water partition coefficient (Wildman–Crippen LogP) is 3.01.